The lowest BCUT2D eigenvalue weighted by atomic mass is 9.78. The number of Topliss-reactive ketones (excluding diaryl/α,β-unsaturated/α-hetero) is 1. The summed E-state index contributed by atoms with van der Waals surface area (Å²) in [7, 11) is 0. The van der Waals surface area contributed by atoms with Crippen LogP contribution in [-0.2, 0) is 22.6 Å². The van der Waals surface area contributed by atoms with Crippen LogP contribution in [0.3, 0.4) is 0 Å². The van der Waals surface area contributed by atoms with Crippen LogP contribution in [0.5, 0.6) is 0 Å². The predicted octanol–water partition coefficient (Wildman–Crippen LogP) is 5.37. The van der Waals surface area contributed by atoms with Crippen LogP contribution in [0.2, 0.25) is 0 Å². The first kappa shape index (κ1) is 18.5. The highest BCUT2D eigenvalue weighted by Gasteiger charge is 2.39. The minimum absolute atomic E-state index is 0.0594. The summed E-state index contributed by atoms with van der Waals surface area (Å²) < 4.78 is 76.9. The lowest BCUT2D eigenvalue weighted by molar-refractivity contribution is -0.143. The van der Waals surface area contributed by atoms with Gasteiger partial charge in [-0.05, 0) is 44.0 Å². The first-order chi connectivity index (χ1) is 9.80. The smallest absolute Gasteiger partial charge is 0.299 e. The lowest BCUT2D eigenvalue weighted by Crippen LogP contribution is -2.30. The van der Waals surface area contributed by atoms with Crippen molar-refractivity contribution in [2.24, 2.45) is 0 Å². The van der Waals surface area contributed by atoms with Gasteiger partial charge in [-0.2, -0.15) is 26.3 Å². The number of carbonyl (C=O) groups is 1. The van der Waals surface area contributed by atoms with Gasteiger partial charge in [0.25, 0.3) is 0 Å². The number of benzene rings is 1. The number of alkyl halides is 6. The molecule has 1 nitrogen and oxygen atoms in total. The average Bonchev–Trinajstić information content (AvgIpc) is 2.36. The first-order valence-corrected chi connectivity index (χ1v) is 6.63. The third-order valence-electron chi connectivity index (χ3n) is 3.48. The standard InChI is InChI=1S/C15H16F6O/c1-4-5-12(22)13(2,3)9-6-10(14(16,17)18)8-11(7-9)15(19,20)21/h6-8H,4-5H2,1-3H3. The fourth-order valence-corrected chi connectivity index (χ4v) is 2.02. The maximum Gasteiger partial charge on any atom is 0.416 e. The normalized spacial score (nSPS) is 13.3. The van der Waals surface area contributed by atoms with Gasteiger partial charge < -0.3 is 0 Å². The minimum atomic E-state index is -4.92. The van der Waals surface area contributed by atoms with E-state index in [0.29, 0.717) is 18.6 Å². The van der Waals surface area contributed by atoms with E-state index in [9.17, 15) is 31.1 Å². The Morgan fingerprint density at radius 3 is 1.55 bits per heavy atom. The Bertz CT molecular complexity index is 522. The molecule has 0 radical (unpaired) electrons. The van der Waals surface area contributed by atoms with Crippen molar-refractivity contribution in [1.29, 1.82) is 0 Å². The van der Waals surface area contributed by atoms with E-state index in [0.717, 1.165) is 0 Å². The van der Waals surface area contributed by atoms with Gasteiger partial charge in [-0.3, -0.25) is 4.79 Å². The highest BCUT2D eigenvalue weighted by Crippen LogP contribution is 2.39. The zero-order valence-electron chi connectivity index (χ0n) is 12.3. The van der Waals surface area contributed by atoms with Crippen molar-refractivity contribution in [3.05, 3.63) is 34.9 Å². The van der Waals surface area contributed by atoms with Crippen LogP contribution in [-0.4, -0.2) is 5.78 Å². The molecular formula is C15H16F6O. The van der Waals surface area contributed by atoms with E-state index in [2.05, 4.69) is 0 Å². The molecule has 0 aliphatic heterocycles. The van der Waals surface area contributed by atoms with Crippen molar-refractivity contribution < 1.29 is 31.1 Å². The number of carbonyl (C=O) groups excluding carboxylic acids is 1. The summed E-state index contributed by atoms with van der Waals surface area (Å²) in [6.07, 6.45) is -9.28. The molecule has 7 heteroatoms. The summed E-state index contributed by atoms with van der Waals surface area (Å²) in [5.41, 5.74) is -4.52. The molecule has 0 spiro atoms. The molecular weight excluding hydrogens is 310 g/mol. The molecule has 124 valence electrons. The van der Waals surface area contributed by atoms with Crippen LogP contribution >= 0.6 is 0 Å². The lowest BCUT2D eigenvalue weighted by Gasteiger charge is -2.26. The predicted molar refractivity (Wildman–Crippen MR) is 69.4 cm³/mol. The molecule has 0 heterocycles. The molecule has 0 fully saturated rings. The SMILES string of the molecule is CCCC(=O)C(C)(C)c1cc(C(F)(F)F)cc(C(F)(F)F)c1. The number of hydrogen-bond donors (Lipinski definition) is 0. The Labute approximate surface area is 124 Å². The van der Waals surface area contributed by atoms with Crippen molar-refractivity contribution in [3.8, 4) is 0 Å². The molecule has 0 aliphatic carbocycles. The van der Waals surface area contributed by atoms with E-state index in [-0.39, 0.29) is 18.1 Å². The van der Waals surface area contributed by atoms with Crippen LogP contribution in [0.25, 0.3) is 0 Å². The number of halogens is 6. The fourth-order valence-electron chi connectivity index (χ4n) is 2.02. The Kier molecular flexibility index (Phi) is 4.99. The van der Waals surface area contributed by atoms with Crippen molar-refractivity contribution in [2.75, 3.05) is 0 Å². The van der Waals surface area contributed by atoms with E-state index in [1.807, 2.05) is 0 Å². The number of rotatable bonds is 4. The summed E-state index contributed by atoms with van der Waals surface area (Å²) in [6, 6.07) is 1.29. The Hall–Kier alpha value is -1.53. The molecule has 0 aromatic heterocycles. The molecule has 0 bridgehead atoms. The van der Waals surface area contributed by atoms with Gasteiger partial charge in [0.1, 0.15) is 5.78 Å². The van der Waals surface area contributed by atoms with Gasteiger partial charge in [-0.25, -0.2) is 0 Å². The van der Waals surface area contributed by atoms with E-state index in [4.69, 9.17) is 0 Å². The molecule has 0 amide bonds. The summed E-state index contributed by atoms with van der Waals surface area (Å²) in [5.74, 6) is -0.401. The Balaban J connectivity index is 3.51. The second kappa shape index (κ2) is 5.93. The van der Waals surface area contributed by atoms with Crippen LogP contribution in [0.4, 0.5) is 26.3 Å². The molecule has 1 aromatic rings. The molecule has 0 atom stereocenters. The first-order valence-electron chi connectivity index (χ1n) is 6.63. The van der Waals surface area contributed by atoms with Crippen molar-refractivity contribution in [2.45, 2.75) is 51.4 Å². The van der Waals surface area contributed by atoms with Crippen molar-refractivity contribution in [1.82, 2.24) is 0 Å². The summed E-state index contributed by atoms with van der Waals surface area (Å²) in [6.45, 7) is 4.38. The fraction of sp³-hybridized carbons (Fsp3) is 0.533. The molecule has 1 rings (SSSR count). The van der Waals surface area contributed by atoms with Gasteiger partial charge in [-0.15, -0.1) is 0 Å². The van der Waals surface area contributed by atoms with Gasteiger partial charge in [0.2, 0.25) is 0 Å². The van der Waals surface area contributed by atoms with E-state index < -0.39 is 34.7 Å². The third kappa shape index (κ3) is 4.01. The van der Waals surface area contributed by atoms with Crippen molar-refractivity contribution in [3.63, 3.8) is 0 Å². The topological polar surface area (TPSA) is 17.1 Å². The molecule has 0 N–H and O–H groups in total. The van der Waals surface area contributed by atoms with Gasteiger partial charge in [0, 0.05) is 11.8 Å². The molecule has 1 aromatic carbocycles. The second-order valence-electron chi connectivity index (χ2n) is 5.59. The quantitative estimate of drug-likeness (QED) is 0.680. The molecule has 0 unspecified atom stereocenters. The highest BCUT2D eigenvalue weighted by atomic mass is 19.4. The number of hydrogen-bond acceptors (Lipinski definition) is 1. The summed E-state index contributed by atoms with van der Waals surface area (Å²) in [4.78, 5) is 12.0. The van der Waals surface area contributed by atoms with E-state index >= 15 is 0 Å². The summed E-state index contributed by atoms with van der Waals surface area (Å²) in [5, 5.41) is 0. The zero-order valence-corrected chi connectivity index (χ0v) is 12.3. The van der Waals surface area contributed by atoms with Gasteiger partial charge in [-0.1, -0.05) is 6.92 Å². The maximum absolute atomic E-state index is 12.8. The third-order valence-corrected chi connectivity index (χ3v) is 3.48. The molecule has 0 saturated carbocycles. The Morgan fingerprint density at radius 2 is 1.23 bits per heavy atom. The van der Waals surface area contributed by atoms with E-state index in [1.54, 1.807) is 6.92 Å². The average molecular weight is 326 g/mol. The van der Waals surface area contributed by atoms with E-state index in [1.165, 1.54) is 13.8 Å². The minimum Gasteiger partial charge on any atom is -0.299 e. The Morgan fingerprint density at radius 1 is 0.864 bits per heavy atom. The van der Waals surface area contributed by atoms with Crippen LogP contribution in [0, 0.1) is 0 Å². The molecule has 0 saturated heterocycles. The maximum atomic E-state index is 12.8. The van der Waals surface area contributed by atoms with Crippen LogP contribution < -0.4 is 0 Å². The monoisotopic (exact) mass is 326 g/mol. The van der Waals surface area contributed by atoms with Gasteiger partial charge in [0.05, 0.1) is 11.1 Å². The second-order valence-corrected chi connectivity index (χ2v) is 5.59. The molecule has 0 aliphatic rings. The van der Waals surface area contributed by atoms with Gasteiger partial charge in [0.15, 0.2) is 0 Å². The zero-order chi connectivity index (χ0) is 17.3. The van der Waals surface area contributed by atoms with Crippen LogP contribution in [0.1, 0.15) is 50.3 Å². The largest absolute Gasteiger partial charge is 0.416 e. The van der Waals surface area contributed by atoms with Crippen LogP contribution in [0.15, 0.2) is 18.2 Å². The molecule has 22 heavy (non-hydrogen) atoms. The van der Waals surface area contributed by atoms with Gasteiger partial charge >= 0.3 is 12.4 Å². The highest BCUT2D eigenvalue weighted by molar-refractivity contribution is 5.89. The summed E-state index contributed by atoms with van der Waals surface area (Å²) >= 11 is 0. The number of ketones is 1. The van der Waals surface area contributed by atoms with Crippen molar-refractivity contribution >= 4 is 5.78 Å².